The van der Waals surface area contributed by atoms with Crippen molar-refractivity contribution in [3.63, 3.8) is 0 Å². The summed E-state index contributed by atoms with van der Waals surface area (Å²) in [4.78, 5) is 36.9. The normalized spacial score (nSPS) is 14.6. The van der Waals surface area contributed by atoms with Gasteiger partial charge >= 0.3 is 0 Å². The Morgan fingerprint density at radius 3 is 2.46 bits per heavy atom. The number of thioether (sulfide) groups is 1. The lowest BCUT2D eigenvalue weighted by Gasteiger charge is -2.12. The first-order valence-electron chi connectivity index (χ1n) is 10.1. The highest BCUT2D eigenvalue weighted by Crippen LogP contribution is 2.35. The molecule has 11 heteroatoms. The van der Waals surface area contributed by atoms with Gasteiger partial charge in [-0.2, -0.15) is 0 Å². The summed E-state index contributed by atoms with van der Waals surface area (Å²) >= 11 is 16.4. The number of non-ortho nitro benzene ring substituents is 1. The van der Waals surface area contributed by atoms with Gasteiger partial charge in [-0.25, -0.2) is 0 Å². The Morgan fingerprint density at radius 1 is 1.06 bits per heavy atom. The molecule has 0 aliphatic carbocycles. The van der Waals surface area contributed by atoms with Gasteiger partial charge in [0, 0.05) is 27.7 Å². The highest BCUT2D eigenvalue weighted by Gasteiger charge is 2.35. The van der Waals surface area contributed by atoms with Crippen molar-refractivity contribution in [3.05, 3.63) is 107 Å². The number of nitro groups is 1. The van der Waals surface area contributed by atoms with Crippen molar-refractivity contribution >= 4 is 73.8 Å². The lowest BCUT2D eigenvalue weighted by atomic mass is 10.2. The van der Waals surface area contributed by atoms with Gasteiger partial charge < -0.3 is 4.74 Å². The van der Waals surface area contributed by atoms with E-state index >= 15 is 0 Å². The van der Waals surface area contributed by atoms with Gasteiger partial charge in [0.2, 0.25) is 0 Å². The van der Waals surface area contributed by atoms with Gasteiger partial charge in [0.05, 0.1) is 20.8 Å². The topological polar surface area (TPSA) is 89.8 Å². The first-order valence-corrected chi connectivity index (χ1v) is 12.4. The molecule has 1 saturated heterocycles. The maximum absolute atomic E-state index is 12.8. The third kappa shape index (κ3) is 6.05. The van der Waals surface area contributed by atoms with Crippen LogP contribution in [0.1, 0.15) is 16.7 Å². The quantitative estimate of drug-likeness (QED) is 0.160. The van der Waals surface area contributed by atoms with Crippen molar-refractivity contribution < 1.29 is 19.2 Å². The molecule has 3 aromatic rings. The number of carbonyl (C=O) groups is 2. The number of nitrogens with zero attached hydrogens (tertiary/aromatic N) is 2. The molecule has 1 heterocycles. The molecule has 178 valence electrons. The van der Waals surface area contributed by atoms with E-state index in [-0.39, 0.29) is 23.7 Å². The van der Waals surface area contributed by atoms with Gasteiger partial charge in [-0.05, 0) is 69.2 Å². The lowest BCUT2D eigenvalue weighted by Crippen LogP contribution is -2.27. The van der Waals surface area contributed by atoms with E-state index in [1.807, 2.05) is 0 Å². The maximum atomic E-state index is 12.8. The molecule has 0 atom stereocenters. The molecule has 0 bridgehead atoms. The van der Waals surface area contributed by atoms with Crippen LogP contribution in [0.15, 0.2) is 70.0 Å². The fourth-order valence-electron chi connectivity index (χ4n) is 3.21. The van der Waals surface area contributed by atoms with E-state index in [1.54, 1.807) is 42.5 Å². The average molecular weight is 594 g/mol. The van der Waals surface area contributed by atoms with Crippen molar-refractivity contribution in [3.8, 4) is 5.75 Å². The van der Waals surface area contributed by atoms with Crippen LogP contribution in [0.5, 0.6) is 5.75 Å². The van der Waals surface area contributed by atoms with E-state index in [0.717, 1.165) is 22.2 Å². The molecule has 7 nitrogen and oxygen atoms in total. The fraction of sp³-hybridized carbons (Fsp3) is 0.0833. The van der Waals surface area contributed by atoms with Crippen molar-refractivity contribution in [1.82, 2.24) is 4.90 Å². The second-order valence-corrected chi connectivity index (χ2v) is 10.1. The molecule has 0 spiro atoms. The van der Waals surface area contributed by atoms with E-state index < -0.39 is 16.1 Å². The number of halogens is 3. The zero-order valence-corrected chi connectivity index (χ0v) is 21.7. The van der Waals surface area contributed by atoms with Gasteiger partial charge in [-0.1, -0.05) is 47.5 Å². The van der Waals surface area contributed by atoms with Crippen LogP contribution in [0.25, 0.3) is 6.08 Å². The Labute approximate surface area is 222 Å². The number of amides is 2. The zero-order chi connectivity index (χ0) is 25.1. The molecule has 1 aliphatic heterocycles. The average Bonchev–Trinajstić information content (AvgIpc) is 3.07. The number of ether oxygens (including phenoxy) is 1. The Bertz CT molecular complexity index is 1360. The predicted octanol–water partition coefficient (Wildman–Crippen LogP) is 7.48. The van der Waals surface area contributed by atoms with E-state index in [9.17, 15) is 19.7 Å². The standard InChI is InChI=1S/C24H15BrCl2N2O5S/c25-19-9-15(3-8-21(19)34-13-16-4-5-17(26)11-20(16)27)10-22-23(30)28(24(31)35-22)12-14-1-6-18(7-2-14)29(32)33/h1-11H,12-13H2/b22-10+. The molecule has 0 N–H and O–H groups in total. The minimum Gasteiger partial charge on any atom is -0.488 e. The zero-order valence-electron chi connectivity index (χ0n) is 17.7. The summed E-state index contributed by atoms with van der Waals surface area (Å²) in [6, 6.07) is 16.2. The Balaban J connectivity index is 1.44. The van der Waals surface area contributed by atoms with E-state index in [4.69, 9.17) is 27.9 Å². The summed E-state index contributed by atoms with van der Waals surface area (Å²) in [7, 11) is 0. The molecule has 35 heavy (non-hydrogen) atoms. The number of hydrogen-bond acceptors (Lipinski definition) is 6. The molecule has 0 unspecified atom stereocenters. The van der Waals surface area contributed by atoms with Crippen LogP contribution in [0.2, 0.25) is 10.0 Å². The molecular weight excluding hydrogens is 579 g/mol. The SMILES string of the molecule is O=C1S/C(=C/c2ccc(OCc3ccc(Cl)cc3Cl)c(Br)c2)C(=O)N1Cc1ccc([N+](=O)[O-])cc1. The molecule has 0 aromatic heterocycles. The minimum absolute atomic E-state index is 0.0315. The highest BCUT2D eigenvalue weighted by molar-refractivity contribution is 9.10. The molecule has 0 radical (unpaired) electrons. The van der Waals surface area contributed by atoms with Crippen LogP contribution in [-0.2, 0) is 17.9 Å². The van der Waals surface area contributed by atoms with Crippen molar-refractivity contribution in [2.24, 2.45) is 0 Å². The Kier molecular flexibility index (Phi) is 7.81. The lowest BCUT2D eigenvalue weighted by molar-refractivity contribution is -0.384. The number of hydrogen-bond donors (Lipinski definition) is 0. The number of imide groups is 1. The van der Waals surface area contributed by atoms with Crippen LogP contribution in [0.4, 0.5) is 10.5 Å². The van der Waals surface area contributed by atoms with Gasteiger partial charge in [-0.15, -0.1) is 0 Å². The summed E-state index contributed by atoms with van der Waals surface area (Å²) in [5, 5.41) is 11.5. The van der Waals surface area contributed by atoms with Gasteiger partial charge in [0.1, 0.15) is 12.4 Å². The van der Waals surface area contributed by atoms with Crippen LogP contribution < -0.4 is 4.74 Å². The minimum atomic E-state index is -0.506. The van der Waals surface area contributed by atoms with E-state index in [0.29, 0.717) is 31.4 Å². The first-order chi connectivity index (χ1) is 16.7. The molecule has 1 aliphatic rings. The van der Waals surface area contributed by atoms with Gasteiger partial charge in [-0.3, -0.25) is 24.6 Å². The smallest absolute Gasteiger partial charge is 0.293 e. The Morgan fingerprint density at radius 2 is 1.80 bits per heavy atom. The molecular formula is C24H15BrCl2N2O5S. The maximum Gasteiger partial charge on any atom is 0.293 e. The van der Waals surface area contributed by atoms with Crippen LogP contribution in [0.3, 0.4) is 0 Å². The third-order valence-corrected chi connectivity index (χ3v) is 7.13. The first kappa shape index (κ1) is 25.2. The van der Waals surface area contributed by atoms with Gasteiger partial charge in [0.25, 0.3) is 16.8 Å². The van der Waals surface area contributed by atoms with Crippen LogP contribution in [0, 0.1) is 10.1 Å². The molecule has 4 rings (SSSR count). The highest BCUT2D eigenvalue weighted by atomic mass is 79.9. The van der Waals surface area contributed by atoms with Crippen LogP contribution in [-0.4, -0.2) is 21.0 Å². The molecule has 1 fully saturated rings. The van der Waals surface area contributed by atoms with Crippen molar-refractivity contribution in [1.29, 1.82) is 0 Å². The fourth-order valence-corrected chi connectivity index (χ4v) is 5.02. The number of carbonyl (C=O) groups excluding carboxylic acids is 2. The number of benzene rings is 3. The summed E-state index contributed by atoms with van der Waals surface area (Å²) in [6.07, 6.45) is 1.63. The summed E-state index contributed by atoms with van der Waals surface area (Å²) in [6.45, 7) is 0.277. The van der Waals surface area contributed by atoms with Crippen molar-refractivity contribution in [2.45, 2.75) is 13.2 Å². The van der Waals surface area contributed by atoms with E-state index in [1.165, 1.54) is 24.3 Å². The Hall–Kier alpha value is -2.85. The summed E-state index contributed by atoms with van der Waals surface area (Å²) in [5.41, 5.74) is 2.05. The van der Waals surface area contributed by atoms with Crippen LogP contribution >= 0.6 is 50.9 Å². The number of nitro benzene ring substituents is 1. The molecule has 0 saturated carbocycles. The third-order valence-electron chi connectivity index (χ3n) is 5.01. The predicted molar refractivity (Wildman–Crippen MR) is 140 cm³/mol. The number of rotatable bonds is 7. The summed E-state index contributed by atoms with van der Waals surface area (Å²) < 4.78 is 6.51. The second kappa shape index (κ2) is 10.8. The largest absolute Gasteiger partial charge is 0.488 e. The second-order valence-electron chi connectivity index (χ2n) is 7.41. The van der Waals surface area contributed by atoms with E-state index in [2.05, 4.69) is 15.9 Å². The molecule has 2 amide bonds. The van der Waals surface area contributed by atoms with Gasteiger partial charge in [0.15, 0.2) is 0 Å². The molecule has 3 aromatic carbocycles. The van der Waals surface area contributed by atoms with Crippen molar-refractivity contribution in [2.75, 3.05) is 0 Å². The summed E-state index contributed by atoms with van der Waals surface area (Å²) in [5.74, 6) is 0.159. The monoisotopic (exact) mass is 592 g/mol.